The van der Waals surface area contributed by atoms with E-state index in [-0.39, 0.29) is 6.42 Å². The van der Waals surface area contributed by atoms with Crippen molar-refractivity contribution < 1.29 is 19.1 Å². The van der Waals surface area contributed by atoms with E-state index in [2.05, 4.69) is 23.6 Å². The van der Waals surface area contributed by atoms with E-state index < -0.39 is 29.6 Å². The van der Waals surface area contributed by atoms with Crippen molar-refractivity contribution in [3.8, 4) is 0 Å². The van der Waals surface area contributed by atoms with Crippen LogP contribution in [0.25, 0.3) is 0 Å². The number of carbonyl (C=O) groups is 3. The number of thioether (sulfide) groups is 1. The van der Waals surface area contributed by atoms with E-state index in [4.69, 9.17) is 4.74 Å². The lowest BCUT2D eigenvalue weighted by Crippen LogP contribution is -2.50. The lowest BCUT2D eigenvalue weighted by atomic mass is 10.1. The number of hydrogen-bond donors (Lipinski definition) is 2. The van der Waals surface area contributed by atoms with Crippen molar-refractivity contribution in [3.63, 3.8) is 0 Å². The number of nitrogens with one attached hydrogen (secondary N) is 2. The molecule has 1 aromatic carbocycles. The Morgan fingerprint density at radius 1 is 1.15 bits per heavy atom. The summed E-state index contributed by atoms with van der Waals surface area (Å²) in [7, 11) is 0. The van der Waals surface area contributed by atoms with Crippen LogP contribution in [0, 0.1) is 13.8 Å². The van der Waals surface area contributed by atoms with Gasteiger partial charge in [-0.2, -0.15) is 0 Å². The maximum atomic E-state index is 11.9. The van der Waals surface area contributed by atoms with Gasteiger partial charge in [-0.1, -0.05) is 6.07 Å². The molecule has 1 unspecified atom stereocenters. The van der Waals surface area contributed by atoms with Gasteiger partial charge in [0.25, 0.3) is 5.91 Å². The van der Waals surface area contributed by atoms with E-state index in [9.17, 15) is 14.4 Å². The van der Waals surface area contributed by atoms with E-state index in [1.54, 1.807) is 32.5 Å². The van der Waals surface area contributed by atoms with Crippen LogP contribution in [0.1, 0.15) is 45.2 Å². The predicted molar refractivity (Wildman–Crippen MR) is 103 cm³/mol. The van der Waals surface area contributed by atoms with Crippen molar-refractivity contribution in [2.75, 3.05) is 5.75 Å². The fourth-order valence-corrected chi connectivity index (χ4v) is 2.88. The zero-order valence-corrected chi connectivity index (χ0v) is 17.1. The Hall–Kier alpha value is -2.02. The first-order valence-corrected chi connectivity index (χ1v) is 9.49. The van der Waals surface area contributed by atoms with Crippen LogP contribution >= 0.6 is 11.8 Å². The van der Waals surface area contributed by atoms with Gasteiger partial charge in [-0.05, 0) is 64.8 Å². The van der Waals surface area contributed by atoms with Crippen molar-refractivity contribution in [1.82, 2.24) is 10.6 Å². The van der Waals surface area contributed by atoms with Crippen molar-refractivity contribution in [1.29, 1.82) is 0 Å². The van der Waals surface area contributed by atoms with Crippen molar-refractivity contribution in [2.24, 2.45) is 0 Å². The van der Waals surface area contributed by atoms with Gasteiger partial charge in [0, 0.05) is 16.2 Å². The number of ether oxygens (including phenoxy) is 1. The molecule has 2 N–H and O–H groups in total. The molecular weight excluding hydrogens is 352 g/mol. The highest BCUT2D eigenvalue weighted by atomic mass is 32.2. The van der Waals surface area contributed by atoms with E-state index >= 15 is 0 Å². The molecule has 0 aliphatic heterocycles. The number of hydrogen-bond acceptors (Lipinski definition) is 5. The second kappa shape index (κ2) is 9.62. The third-order valence-electron chi connectivity index (χ3n) is 3.46. The summed E-state index contributed by atoms with van der Waals surface area (Å²) in [5.74, 6) is -0.567. The zero-order valence-electron chi connectivity index (χ0n) is 16.3. The molecule has 0 radical (unpaired) electrons. The van der Waals surface area contributed by atoms with Crippen LogP contribution in [0.15, 0.2) is 23.1 Å². The molecule has 0 aliphatic carbocycles. The topological polar surface area (TPSA) is 84.5 Å². The molecule has 26 heavy (non-hydrogen) atoms. The normalized spacial score (nSPS) is 12.2. The van der Waals surface area contributed by atoms with Gasteiger partial charge in [-0.3, -0.25) is 14.9 Å². The van der Waals surface area contributed by atoms with Gasteiger partial charge < -0.3 is 10.1 Å². The van der Waals surface area contributed by atoms with Gasteiger partial charge in [0.05, 0.1) is 6.42 Å². The van der Waals surface area contributed by atoms with Crippen molar-refractivity contribution in [2.45, 2.75) is 64.5 Å². The fourth-order valence-electron chi connectivity index (χ4n) is 1.95. The monoisotopic (exact) mass is 380 g/mol. The van der Waals surface area contributed by atoms with Gasteiger partial charge in [-0.15, -0.1) is 11.8 Å². The highest BCUT2D eigenvalue weighted by Gasteiger charge is 2.22. The summed E-state index contributed by atoms with van der Waals surface area (Å²) in [6.45, 7) is 10.9. The molecule has 0 fully saturated rings. The zero-order chi connectivity index (χ0) is 19.9. The molecule has 0 saturated heterocycles. The smallest absolute Gasteiger partial charge is 0.321 e. The van der Waals surface area contributed by atoms with Crippen LogP contribution in [0.3, 0.4) is 0 Å². The van der Waals surface area contributed by atoms with Crippen molar-refractivity contribution in [3.05, 3.63) is 29.3 Å². The molecule has 0 aromatic heterocycles. The Morgan fingerprint density at radius 3 is 2.38 bits per heavy atom. The molecule has 3 amide bonds. The first kappa shape index (κ1) is 22.0. The second-order valence-electron chi connectivity index (χ2n) is 7.17. The van der Waals surface area contributed by atoms with Gasteiger partial charge in [0.1, 0.15) is 0 Å². The number of carbonyl (C=O) groups excluding carboxylic acids is 3. The molecule has 0 saturated carbocycles. The minimum atomic E-state index is -1.03. The average Bonchev–Trinajstić information content (AvgIpc) is 2.48. The molecule has 1 atom stereocenters. The molecule has 144 valence electrons. The molecule has 0 aliphatic rings. The highest BCUT2D eigenvalue weighted by molar-refractivity contribution is 7.99. The molecule has 0 spiro atoms. The van der Waals surface area contributed by atoms with Crippen LogP contribution < -0.4 is 10.6 Å². The third-order valence-corrected chi connectivity index (χ3v) is 4.45. The summed E-state index contributed by atoms with van der Waals surface area (Å²) in [5, 5.41) is 4.77. The van der Waals surface area contributed by atoms with E-state index in [1.165, 1.54) is 18.1 Å². The molecule has 7 heteroatoms. The quantitative estimate of drug-likeness (QED) is 0.584. The number of benzene rings is 1. The lowest BCUT2D eigenvalue weighted by Gasteiger charge is -2.21. The molecule has 1 rings (SSSR count). The van der Waals surface area contributed by atoms with Gasteiger partial charge >= 0.3 is 12.0 Å². The summed E-state index contributed by atoms with van der Waals surface area (Å²) in [6, 6.07) is 5.53. The number of amides is 3. The van der Waals surface area contributed by atoms with Crippen molar-refractivity contribution >= 4 is 29.7 Å². The fraction of sp³-hybridized carbons (Fsp3) is 0.526. The molecular formula is C19H28N2O4S. The molecule has 0 bridgehead atoms. The van der Waals surface area contributed by atoms with E-state index in [0.29, 0.717) is 5.75 Å². The third kappa shape index (κ3) is 8.38. The molecule has 6 nitrogen and oxygen atoms in total. The van der Waals surface area contributed by atoms with Crippen LogP contribution in [0.2, 0.25) is 0 Å². The van der Waals surface area contributed by atoms with Crippen LogP contribution in [0.5, 0.6) is 0 Å². The Balaban J connectivity index is 2.36. The Kier molecular flexibility index (Phi) is 8.14. The molecule has 1 aromatic rings. The SMILES string of the molecule is Cc1ccc(SCCC(=O)OC(C)C(=O)NC(=O)NC(C)(C)C)cc1C. The van der Waals surface area contributed by atoms with Crippen LogP contribution in [-0.2, 0) is 14.3 Å². The van der Waals surface area contributed by atoms with Gasteiger partial charge in [-0.25, -0.2) is 4.79 Å². The van der Waals surface area contributed by atoms with Crippen LogP contribution in [-0.4, -0.2) is 35.3 Å². The number of imide groups is 1. The highest BCUT2D eigenvalue weighted by Crippen LogP contribution is 2.21. The Morgan fingerprint density at radius 2 is 1.81 bits per heavy atom. The lowest BCUT2D eigenvalue weighted by molar-refractivity contribution is -0.154. The van der Waals surface area contributed by atoms with Crippen LogP contribution in [0.4, 0.5) is 4.79 Å². The van der Waals surface area contributed by atoms with E-state index in [1.807, 2.05) is 19.1 Å². The Bertz CT molecular complexity index is 668. The number of rotatable bonds is 6. The van der Waals surface area contributed by atoms with Gasteiger partial charge in [0.15, 0.2) is 6.10 Å². The minimum absolute atomic E-state index is 0.184. The standard InChI is InChI=1S/C19H28N2O4S/c1-12-7-8-15(11-13(12)2)26-10-9-16(22)25-14(3)17(23)20-18(24)21-19(4,5)6/h7-8,11,14H,9-10H2,1-6H3,(H2,20,21,23,24). The number of esters is 1. The summed E-state index contributed by atoms with van der Waals surface area (Å²) >= 11 is 1.56. The van der Waals surface area contributed by atoms with E-state index in [0.717, 1.165) is 4.90 Å². The maximum absolute atomic E-state index is 11.9. The Labute approximate surface area is 159 Å². The summed E-state index contributed by atoms with van der Waals surface area (Å²) < 4.78 is 5.08. The maximum Gasteiger partial charge on any atom is 0.321 e. The number of aryl methyl sites for hydroxylation is 2. The first-order chi connectivity index (χ1) is 12.0. The summed E-state index contributed by atoms with van der Waals surface area (Å²) in [4.78, 5) is 36.5. The molecule has 0 heterocycles. The summed E-state index contributed by atoms with van der Waals surface area (Å²) in [6.07, 6.45) is -0.844. The average molecular weight is 381 g/mol. The second-order valence-corrected chi connectivity index (χ2v) is 8.34. The van der Waals surface area contributed by atoms with Gasteiger partial charge in [0.2, 0.25) is 0 Å². The minimum Gasteiger partial charge on any atom is -0.453 e. The predicted octanol–water partition coefficient (Wildman–Crippen LogP) is 3.34. The first-order valence-electron chi connectivity index (χ1n) is 8.50. The largest absolute Gasteiger partial charge is 0.453 e. The number of urea groups is 1. The summed E-state index contributed by atoms with van der Waals surface area (Å²) in [5.41, 5.74) is 1.97.